The Balaban J connectivity index is 1.79. The monoisotopic (exact) mass is 490 g/mol. The third kappa shape index (κ3) is 6.80. The molecule has 1 unspecified atom stereocenters. The van der Waals surface area contributed by atoms with Crippen molar-refractivity contribution in [2.75, 3.05) is 37.6 Å². The number of morpholine rings is 1. The van der Waals surface area contributed by atoms with E-state index in [1.165, 1.54) is 18.2 Å². The predicted molar refractivity (Wildman–Crippen MR) is 115 cm³/mol. The van der Waals surface area contributed by atoms with Crippen molar-refractivity contribution in [3.05, 3.63) is 41.5 Å². The second kappa shape index (κ2) is 11.8. The number of rotatable bonds is 10. The first-order valence-corrected chi connectivity index (χ1v) is 11.9. The molecule has 0 aliphatic carbocycles. The highest BCUT2D eigenvalue weighted by atomic mass is 32.2. The van der Waals surface area contributed by atoms with Gasteiger partial charge in [0, 0.05) is 30.5 Å². The molecule has 1 aromatic carbocycles. The first-order valence-electron chi connectivity index (χ1n) is 9.79. The molecule has 2 aromatic rings. The van der Waals surface area contributed by atoms with E-state index in [9.17, 15) is 18.1 Å². The van der Waals surface area contributed by atoms with Gasteiger partial charge in [0.05, 0.1) is 19.8 Å². The Kier molecular flexibility index (Phi) is 9.13. The van der Waals surface area contributed by atoms with E-state index in [1.807, 2.05) is 0 Å². The summed E-state index contributed by atoms with van der Waals surface area (Å²) in [4.78, 5) is 8.51. The first kappa shape index (κ1) is 24.7. The van der Waals surface area contributed by atoms with Gasteiger partial charge in [-0.1, -0.05) is 23.9 Å². The van der Waals surface area contributed by atoms with Crippen LogP contribution < -0.4 is 9.46 Å². The van der Waals surface area contributed by atoms with E-state index < -0.39 is 41.6 Å². The highest BCUT2D eigenvalue weighted by molar-refractivity contribution is 7.98. The van der Waals surface area contributed by atoms with Crippen LogP contribution in [0.1, 0.15) is 12.5 Å². The summed E-state index contributed by atoms with van der Waals surface area (Å²) in [5, 5.41) is 19.0. The van der Waals surface area contributed by atoms with Gasteiger partial charge in [-0.3, -0.25) is 4.72 Å². The van der Waals surface area contributed by atoms with Crippen LogP contribution in [0, 0.1) is 11.6 Å². The normalized spacial score (nSPS) is 17.5. The van der Waals surface area contributed by atoms with E-state index in [2.05, 4.69) is 14.7 Å². The Labute approximate surface area is 190 Å². The summed E-state index contributed by atoms with van der Waals surface area (Å²) < 4.78 is 55.4. The molecule has 32 heavy (non-hydrogen) atoms. The largest absolute Gasteiger partial charge is 0.472 e. The van der Waals surface area contributed by atoms with Gasteiger partial charge in [-0.2, -0.15) is 4.98 Å². The van der Waals surface area contributed by atoms with Gasteiger partial charge < -0.3 is 19.7 Å². The van der Waals surface area contributed by atoms with Crippen molar-refractivity contribution < 1.29 is 32.7 Å². The van der Waals surface area contributed by atoms with Gasteiger partial charge in [0.2, 0.25) is 5.88 Å². The average molecular weight is 491 g/mol. The first-order chi connectivity index (χ1) is 15.4. The summed E-state index contributed by atoms with van der Waals surface area (Å²) in [5.74, 6) is -1.60. The van der Waals surface area contributed by atoms with Crippen LogP contribution in [0.15, 0.2) is 29.4 Å². The van der Waals surface area contributed by atoms with Crippen LogP contribution in [-0.4, -0.2) is 73.8 Å². The number of nitrogens with zero attached hydrogens (tertiary/aromatic N) is 3. The number of benzene rings is 1. The number of aliphatic hydroxyl groups excluding tert-OH is 2. The van der Waals surface area contributed by atoms with Gasteiger partial charge in [0.1, 0.15) is 18.0 Å². The molecule has 0 bridgehead atoms. The maximum atomic E-state index is 14.0. The van der Waals surface area contributed by atoms with Crippen molar-refractivity contribution in [1.82, 2.24) is 14.3 Å². The Morgan fingerprint density at radius 3 is 2.81 bits per heavy atom. The molecule has 0 spiro atoms. The lowest BCUT2D eigenvalue weighted by Crippen LogP contribution is -2.40. The fourth-order valence-electron chi connectivity index (χ4n) is 2.67. The van der Waals surface area contributed by atoms with Gasteiger partial charge in [0.25, 0.3) is 0 Å². The summed E-state index contributed by atoms with van der Waals surface area (Å²) in [5.41, 5.74) is 0.139. The molecule has 1 saturated heterocycles. The zero-order valence-electron chi connectivity index (χ0n) is 17.2. The maximum Gasteiger partial charge on any atom is 0.219 e. The average Bonchev–Trinajstić information content (AvgIpc) is 2.79. The standard InChI is InChI=1S/C19H24F2N4O5S2/c1-12(15(27)10-26)30-17-9-16(24-32(28)25-5-7-29-8-6-25)22-19(23-17)31-11-13-3-2-4-14(20)18(13)21/h2-4,9,12,15,26-27H,5-8,10-11H2,1H3,(H,22,23,24)/t12-,15+,32?/m1/s1. The second-order valence-corrected chi connectivity index (χ2v) is 9.00. The molecule has 176 valence electrons. The Hall–Kier alpha value is -1.90. The van der Waals surface area contributed by atoms with Crippen molar-refractivity contribution in [1.29, 1.82) is 0 Å². The van der Waals surface area contributed by atoms with E-state index >= 15 is 0 Å². The minimum absolute atomic E-state index is 0.0495. The lowest BCUT2D eigenvalue weighted by molar-refractivity contribution is 0.00599. The molecule has 3 atom stereocenters. The van der Waals surface area contributed by atoms with Crippen molar-refractivity contribution in [2.24, 2.45) is 0 Å². The third-order valence-corrected chi connectivity index (χ3v) is 6.62. The molecule has 3 rings (SSSR count). The molecule has 0 radical (unpaired) electrons. The van der Waals surface area contributed by atoms with E-state index in [-0.39, 0.29) is 28.2 Å². The number of aliphatic hydroxyl groups is 2. The van der Waals surface area contributed by atoms with Crippen molar-refractivity contribution in [2.45, 2.75) is 30.0 Å². The van der Waals surface area contributed by atoms with E-state index in [0.29, 0.717) is 26.3 Å². The van der Waals surface area contributed by atoms with Crippen LogP contribution in [0.4, 0.5) is 14.6 Å². The fraction of sp³-hybridized carbons (Fsp3) is 0.474. The van der Waals surface area contributed by atoms with E-state index in [0.717, 1.165) is 17.8 Å². The summed E-state index contributed by atoms with van der Waals surface area (Å²) in [6.45, 7) is 2.93. The van der Waals surface area contributed by atoms with Crippen LogP contribution in [0.2, 0.25) is 0 Å². The quantitative estimate of drug-likeness (QED) is 0.339. The molecule has 1 aliphatic rings. The number of ether oxygens (including phenoxy) is 2. The smallest absolute Gasteiger partial charge is 0.219 e. The fourth-order valence-corrected chi connectivity index (χ4v) is 4.39. The van der Waals surface area contributed by atoms with Crippen LogP contribution in [-0.2, 0) is 21.7 Å². The molecule has 0 saturated carbocycles. The maximum absolute atomic E-state index is 14.0. The molecular weight excluding hydrogens is 466 g/mol. The molecular formula is C19H24F2N4O5S2. The molecule has 1 fully saturated rings. The Morgan fingerprint density at radius 1 is 1.34 bits per heavy atom. The van der Waals surface area contributed by atoms with Crippen LogP contribution >= 0.6 is 11.8 Å². The number of halogens is 2. The summed E-state index contributed by atoms with van der Waals surface area (Å²) in [6.07, 6.45) is -1.92. The number of thioether (sulfide) groups is 1. The number of hydrogen-bond acceptors (Lipinski definition) is 8. The SMILES string of the molecule is C[C@@H](Oc1cc(NS(=O)N2CCOCC2)nc(SCc2cccc(F)c2F)n1)[C@@H](O)CO. The number of hydrogen-bond donors (Lipinski definition) is 3. The Morgan fingerprint density at radius 2 is 2.09 bits per heavy atom. The minimum Gasteiger partial charge on any atom is -0.472 e. The van der Waals surface area contributed by atoms with Crippen molar-refractivity contribution >= 4 is 28.8 Å². The summed E-state index contributed by atoms with van der Waals surface area (Å²) in [7, 11) is 0. The van der Waals surface area contributed by atoms with Crippen LogP contribution in [0.25, 0.3) is 0 Å². The lowest BCUT2D eigenvalue weighted by atomic mass is 10.2. The van der Waals surface area contributed by atoms with Gasteiger partial charge in [0.15, 0.2) is 28.0 Å². The summed E-state index contributed by atoms with van der Waals surface area (Å²) >= 11 is -0.559. The third-order valence-electron chi connectivity index (χ3n) is 4.50. The zero-order chi connectivity index (χ0) is 23.1. The highest BCUT2D eigenvalue weighted by Gasteiger charge is 2.20. The molecule has 0 amide bonds. The second-order valence-electron chi connectivity index (χ2n) is 6.84. The molecule has 9 nitrogen and oxygen atoms in total. The van der Waals surface area contributed by atoms with E-state index in [1.54, 1.807) is 11.2 Å². The molecule has 1 aromatic heterocycles. The van der Waals surface area contributed by atoms with Crippen molar-refractivity contribution in [3.8, 4) is 5.88 Å². The topological polar surface area (TPSA) is 117 Å². The van der Waals surface area contributed by atoms with Gasteiger partial charge in [-0.15, -0.1) is 0 Å². The van der Waals surface area contributed by atoms with Crippen molar-refractivity contribution in [3.63, 3.8) is 0 Å². The number of aromatic nitrogens is 2. The minimum atomic E-state index is -1.59. The van der Waals surface area contributed by atoms with E-state index in [4.69, 9.17) is 14.6 Å². The molecule has 2 heterocycles. The molecule has 13 heteroatoms. The number of nitrogens with one attached hydrogen (secondary N) is 1. The van der Waals surface area contributed by atoms with Crippen LogP contribution in [0.5, 0.6) is 5.88 Å². The van der Waals surface area contributed by atoms with Gasteiger partial charge in [-0.25, -0.2) is 22.3 Å². The highest BCUT2D eigenvalue weighted by Crippen LogP contribution is 2.26. The summed E-state index contributed by atoms with van der Waals surface area (Å²) in [6, 6.07) is 5.31. The van der Waals surface area contributed by atoms with Gasteiger partial charge in [-0.05, 0) is 13.0 Å². The molecule has 1 aliphatic heterocycles. The zero-order valence-corrected chi connectivity index (χ0v) is 18.9. The molecule has 3 N–H and O–H groups in total. The van der Waals surface area contributed by atoms with Crippen LogP contribution in [0.3, 0.4) is 0 Å². The predicted octanol–water partition coefficient (Wildman–Crippen LogP) is 1.49. The lowest BCUT2D eigenvalue weighted by Gasteiger charge is -2.25. The number of anilines is 1. The van der Waals surface area contributed by atoms with Gasteiger partial charge >= 0.3 is 0 Å². The Bertz CT molecular complexity index is 937.